The number of hydrogen-bond donors (Lipinski definition) is 1. The van der Waals surface area contributed by atoms with Gasteiger partial charge in [0.05, 0.1) is 6.04 Å². The first-order chi connectivity index (χ1) is 8.61. The number of benzene rings is 1. The molecular formula is C14H19NO3. The number of aryl methyl sites for hydroxylation is 1. The Kier molecular flexibility index (Phi) is 3.99. The van der Waals surface area contributed by atoms with Crippen molar-refractivity contribution in [2.45, 2.75) is 39.2 Å². The van der Waals surface area contributed by atoms with Gasteiger partial charge in [-0.25, -0.2) is 0 Å². The van der Waals surface area contributed by atoms with Crippen LogP contribution in [-0.2, 0) is 14.3 Å². The van der Waals surface area contributed by atoms with Gasteiger partial charge >= 0.3 is 0 Å². The van der Waals surface area contributed by atoms with Gasteiger partial charge in [0.15, 0.2) is 12.4 Å². The Morgan fingerprint density at radius 2 is 2.00 bits per heavy atom. The molecule has 1 N–H and O–H groups in total. The molecule has 0 spiro atoms. The van der Waals surface area contributed by atoms with Gasteiger partial charge in [-0.15, -0.1) is 0 Å². The van der Waals surface area contributed by atoms with Crippen LogP contribution in [0.25, 0.3) is 0 Å². The van der Waals surface area contributed by atoms with Crippen LogP contribution in [0.2, 0.25) is 0 Å². The van der Waals surface area contributed by atoms with Crippen molar-refractivity contribution >= 4 is 5.91 Å². The third-order valence-electron chi connectivity index (χ3n) is 3.04. The first-order valence-corrected chi connectivity index (χ1v) is 6.26. The van der Waals surface area contributed by atoms with Crippen molar-refractivity contribution < 1.29 is 14.3 Å². The van der Waals surface area contributed by atoms with Crippen molar-refractivity contribution in [3.05, 3.63) is 35.4 Å². The second-order valence-corrected chi connectivity index (χ2v) is 4.48. The van der Waals surface area contributed by atoms with E-state index in [-0.39, 0.29) is 18.2 Å². The molecule has 1 aromatic carbocycles. The summed E-state index contributed by atoms with van der Waals surface area (Å²) in [5.41, 5.74) is 2.26. The van der Waals surface area contributed by atoms with Gasteiger partial charge in [0.25, 0.3) is 5.91 Å². The lowest BCUT2D eigenvalue weighted by Crippen LogP contribution is -2.58. The highest BCUT2D eigenvalue weighted by molar-refractivity contribution is 5.88. The zero-order valence-electron chi connectivity index (χ0n) is 11.0. The quantitative estimate of drug-likeness (QED) is 0.640. The van der Waals surface area contributed by atoms with Gasteiger partial charge in [-0.1, -0.05) is 29.8 Å². The maximum atomic E-state index is 11.5. The Hall–Kier alpha value is -1.39. The molecule has 1 amide bonds. The van der Waals surface area contributed by atoms with Gasteiger partial charge in [0, 0.05) is 6.61 Å². The molecule has 1 aliphatic heterocycles. The summed E-state index contributed by atoms with van der Waals surface area (Å²) in [6.07, 6.45) is -0.812. The molecule has 1 saturated heterocycles. The fraction of sp³-hybridized carbons (Fsp3) is 0.500. The first-order valence-electron chi connectivity index (χ1n) is 6.26. The van der Waals surface area contributed by atoms with Crippen LogP contribution < -0.4 is 5.32 Å². The minimum Gasteiger partial charge on any atom is -0.353 e. The van der Waals surface area contributed by atoms with Crippen LogP contribution in [-0.4, -0.2) is 24.9 Å². The minimum atomic E-state index is -0.450. The summed E-state index contributed by atoms with van der Waals surface area (Å²) in [6, 6.07) is 8.02. The SMILES string of the molecule is CCOC(C)OC1C(=O)NC1c1ccc(C)cc1. The molecule has 98 valence electrons. The molecule has 1 aliphatic rings. The highest BCUT2D eigenvalue weighted by Crippen LogP contribution is 2.28. The normalized spacial score (nSPS) is 24.3. The number of β-lactam (4-membered cyclic amide) rings is 1. The maximum Gasteiger partial charge on any atom is 0.252 e. The van der Waals surface area contributed by atoms with Gasteiger partial charge < -0.3 is 14.8 Å². The van der Waals surface area contributed by atoms with E-state index in [0.717, 1.165) is 5.56 Å². The number of hydrogen-bond acceptors (Lipinski definition) is 3. The van der Waals surface area contributed by atoms with E-state index in [2.05, 4.69) is 5.32 Å². The zero-order chi connectivity index (χ0) is 13.1. The predicted octanol–water partition coefficient (Wildman–Crippen LogP) is 1.93. The molecule has 0 saturated carbocycles. The molecule has 0 aromatic heterocycles. The standard InChI is InChI=1S/C14H19NO3/c1-4-17-10(3)18-13-12(15-14(13)16)11-7-5-9(2)6-8-11/h5-8,10,12-13H,4H2,1-3H3,(H,15,16). The average molecular weight is 249 g/mol. The summed E-state index contributed by atoms with van der Waals surface area (Å²) in [6.45, 7) is 6.32. The molecule has 3 atom stereocenters. The van der Waals surface area contributed by atoms with Crippen molar-refractivity contribution in [3.63, 3.8) is 0 Å². The van der Waals surface area contributed by atoms with Crippen LogP contribution in [0.5, 0.6) is 0 Å². The predicted molar refractivity (Wildman–Crippen MR) is 68.0 cm³/mol. The largest absolute Gasteiger partial charge is 0.353 e. The summed E-state index contributed by atoms with van der Waals surface area (Å²) in [5.74, 6) is -0.0767. The third kappa shape index (κ3) is 2.71. The van der Waals surface area contributed by atoms with E-state index < -0.39 is 6.10 Å². The van der Waals surface area contributed by atoms with Crippen LogP contribution in [0.3, 0.4) is 0 Å². The highest BCUT2D eigenvalue weighted by Gasteiger charge is 2.42. The van der Waals surface area contributed by atoms with E-state index in [1.807, 2.05) is 38.1 Å². The lowest BCUT2D eigenvalue weighted by molar-refractivity contribution is -0.191. The molecule has 1 fully saturated rings. The number of carbonyl (C=O) groups is 1. The van der Waals surface area contributed by atoms with Crippen molar-refractivity contribution in [3.8, 4) is 0 Å². The van der Waals surface area contributed by atoms with E-state index in [9.17, 15) is 4.79 Å². The van der Waals surface area contributed by atoms with Crippen molar-refractivity contribution in [2.24, 2.45) is 0 Å². The maximum absolute atomic E-state index is 11.5. The Morgan fingerprint density at radius 3 is 2.56 bits per heavy atom. The molecule has 0 bridgehead atoms. The highest BCUT2D eigenvalue weighted by atomic mass is 16.7. The fourth-order valence-corrected chi connectivity index (χ4v) is 2.02. The summed E-state index contributed by atoms with van der Waals surface area (Å²) < 4.78 is 10.9. The molecule has 3 unspecified atom stereocenters. The van der Waals surface area contributed by atoms with E-state index >= 15 is 0 Å². The smallest absolute Gasteiger partial charge is 0.252 e. The molecule has 0 aliphatic carbocycles. The van der Waals surface area contributed by atoms with Crippen molar-refractivity contribution in [1.82, 2.24) is 5.32 Å². The van der Waals surface area contributed by atoms with Crippen molar-refractivity contribution in [2.75, 3.05) is 6.61 Å². The summed E-state index contributed by atoms with van der Waals surface area (Å²) in [5, 5.41) is 2.86. The Bertz CT molecular complexity index is 416. The molecule has 1 aromatic rings. The van der Waals surface area contributed by atoms with E-state index in [1.54, 1.807) is 6.92 Å². The number of ether oxygens (including phenoxy) is 2. The second-order valence-electron chi connectivity index (χ2n) is 4.48. The van der Waals surface area contributed by atoms with E-state index in [1.165, 1.54) is 5.56 Å². The second kappa shape index (κ2) is 5.50. The zero-order valence-corrected chi connectivity index (χ0v) is 11.0. The average Bonchev–Trinajstić information content (AvgIpc) is 2.35. The Labute approximate surface area is 107 Å². The molecule has 0 radical (unpaired) electrons. The topological polar surface area (TPSA) is 47.6 Å². The van der Waals surface area contributed by atoms with Crippen molar-refractivity contribution in [1.29, 1.82) is 0 Å². The van der Waals surface area contributed by atoms with Gasteiger partial charge in [-0.05, 0) is 26.3 Å². The molecule has 2 rings (SSSR count). The minimum absolute atomic E-state index is 0.0685. The number of carbonyl (C=O) groups excluding carboxylic acids is 1. The number of rotatable bonds is 5. The summed E-state index contributed by atoms with van der Waals surface area (Å²) in [4.78, 5) is 11.5. The first kappa shape index (κ1) is 13.1. The van der Waals surface area contributed by atoms with E-state index in [0.29, 0.717) is 6.61 Å². The fourth-order valence-electron chi connectivity index (χ4n) is 2.02. The lowest BCUT2D eigenvalue weighted by Gasteiger charge is -2.38. The lowest BCUT2D eigenvalue weighted by atomic mass is 9.93. The number of amides is 1. The number of nitrogens with one attached hydrogen (secondary N) is 1. The van der Waals surface area contributed by atoms with Crippen LogP contribution >= 0.6 is 0 Å². The molecule has 1 heterocycles. The summed E-state index contributed by atoms with van der Waals surface area (Å²) >= 11 is 0. The molecule has 18 heavy (non-hydrogen) atoms. The van der Waals surface area contributed by atoms with E-state index in [4.69, 9.17) is 9.47 Å². The van der Waals surface area contributed by atoms with Gasteiger partial charge in [-0.2, -0.15) is 0 Å². The van der Waals surface area contributed by atoms with Crippen LogP contribution in [0.1, 0.15) is 31.0 Å². The molecule has 4 nitrogen and oxygen atoms in total. The van der Waals surface area contributed by atoms with Gasteiger partial charge in [0.2, 0.25) is 0 Å². The van der Waals surface area contributed by atoms with Crippen LogP contribution in [0.15, 0.2) is 24.3 Å². The summed E-state index contributed by atoms with van der Waals surface area (Å²) in [7, 11) is 0. The monoisotopic (exact) mass is 249 g/mol. The van der Waals surface area contributed by atoms with Gasteiger partial charge in [0.1, 0.15) is 0 Å². The van der Waals surface area contributed by atoms with Crippen LogP contribution in [0, 0.1) is 6.92 Å². The van der Waals surface area contributed by atoms with Gasteiger partial charge in [-0.3, -0.25) is 4.79 Å². The third-order valence-corrected chi connectivity index (χ3v) is 3.04. The molecule has 4 heteroatoms. The van der Waals surface area contributed by atoms with Crippen LogP contribution in [0.4, 0.5) is 0 Å². The Balaban J connectivity index is 2.01. The Morgan fingerprint density at radius 1 is 1.33 bits per heavy atom. The molecular weight excluding hydrogens is 230 g/mol.